The van der Waals surface area contributed by atoms with Gasteiger partial charge in [0.1, 0.15) is 11.6 Å². The Morgan fingerprint density at radius 3 is 2.93 bits per heavy atom. The minimum atomic E-state index is -0.521. The number of fused-ring (bicyclic) bond motifs is 1. The number of urea groups is 1. The number of halogens is 1. The van der Waals surface area contributed by atoms with Crippen LogP contribution in [0, 0.1) is 5.82 Å². The maximum atomic E-state index is 14.7. The lowest BCUT2D eigenvalue weighted by atomic mass is 10.1. The molecule has 160 valence electrons. The van der Waals surface area contributed by atoms with Crippen LogP contribution >= 0.6 is 11.8 Å². The first kappa shape index (κ1) is 20.9. The number of aromatic nitrogens is 2. The third kappa shape index (κ3) is 4.09. The van der Waals surface area contributed by atoms with E-state index >= 15 is 0 Å². The van der Waals surface area contributed by atoms with Crippen molar-refractivity contribution in [1.29, 1.82) is 0 Å². The number of nitrogens with one attached hydrogen (secondary N) is 2. The molecule has 2 amide bonds. The fourth-order valence-corrected chi connectivity index (χ4v) is 4.82. The Morgan fingerprint density at radius 2 is 2.20 bits per heavy atom. The molecule has 7 nitrogen and oxygen atoms in total. The van der Waals surface area contributed by atoms with Crippen LogP contribution in [0.1, 0.15) is 37.3 Å². The van der Waals surface area contributed by atoms with E-state index in [1.165, 1.54) is 11.6 Å². The van der Waals surface area contributed by atoms with Gasteiger partial charge in [-0.3, -0.25) is 0 Å². The molecule has 0 aliphatic carbocycles. The maximum Gasteiger partial charge on any atom is 0.319 e. The molecule has 0 radical (unpaired) electrons. The van der Waals surface area contributed by atoms with Crippen molar-refractivity contribution in [2.24, 2.45) is 0 Å². The van der Waals surface area contributed by atoms with E-state index in [0.29, 0.717) is 36.4 Å². The summed E-state index contributed by atoms with van der Waals surface area (Å²) >= 11 is 1.84. The molecule has 2 aromatic rings. The number of thioether (sulfide) groups is 1. The second kappa shape index (κ2) is 8.77. The third-order valence-electron chi connectivity index (χ3n) is 5.33. The summed E-state index contributed by atoms with van der Waals surface area (Å²) in [5.41, 5.74) is 2.89. The van der Waals surface area contributed by atoms with Crippen LogP contribution < -0.4 is 15.5 Å². The van der Waals surface area contributed by atoms with Gasteiger partial charge in [-0.05, 0) is 39.0 Å². The summed E-state index contributed by atoms with van der Waals surface area (Å²) in [6.45, 7) is 8.66. The van der Waals surface area contributed by atoms with Crippen molar-refractivity contribution in [2.45, 2.75) is 37.8 Å². The Kier molecular flexibility index (Phi) is 6.10. The van der Waals surface area contributed by atoms with Crippen molar-refractivity contribution in [3.8, 4) is 11.4 Å². The highest BCUT2D eigenvalue weighted by atomic mass is 32.2. The van der Waals surface area contributed by atoms with Crippen molar-refractivity contribution in [3.63, 3.8) is 0 Å². The zero-order chi connectivity index (χ0) is 21.3. The lowest BCUT2D eigenvalue weighted by Gasteiger charge is -2.36. The Labute approximate surface area is 179 Å². The number of nitrogens with zero attached hydrogens (tertiary/aromatic N) is 3. The van der Waals surface area contributed by atoms with Gasteiger partial charge in [0.25, 0.3) is 0 Å². The number of hydrogen-bond donors (Lipinski definition) is 2. The van der Waals surface area contributed by atoms with E-state index < -0.39 is 11.8 Å². The predicted molar refractivity (Wildman–Crippen MR) is 117 cm³/mol. The van der Waals surface area contributed by atoms with Crippen molar-refractivity contribution in [1.82, 2.24) is 15.3 Å². The molecule has 1 aromatic heterocycles. The standard InChI is InChI=1S/C21H26FN5O2S/c1-4-23-21(28)25-16-6-5-14(9-15(16)22)19-24-17-11-30-13(3)18(17)20(26-19)27-7-8-29-10-12(27)2/h5-6,9,12-13H,4,7-8,10-11H2,1-3H3,(H2,23,25,28). The maximum absolute atomic E-state index is 14.7. The number of benzene rings is 1. The minimum Gasteiger partial charge on any atom is -0.377 e. The van der Waals surface area contributed by atoms with Gasteiger partial charge < -0.3 is 20.3 Å². The molecule has 2 aliphatic rings. The summed E-state index contributed by atoms with van der Waals surface area (Å²) < 4.78 is 20.3. The van der Waals surface area contributed by atoms with Crippen LogP contribution in [0.2, 0.25) is 0 Å². The van der Waals surface area contributed by atoms with Gasteiger partial charge in [-0.1, -0.05) is 0 Å². The second-order valence-corrected chi connectivity index (χ2v) is 8.81. The number of ether oxygens (including phenoxy) is 1. The molecule has 2 unspecified atom stereocenters. The van der Waals surface area contributed by atoms with Crippen molar-refractivity contribution < 1.29 is 13.9 Å². The molecule has 1 fully saturated rings. The van der Waals surface area contributed by atoms with Crippen molar-refractivity contribution in [3.05, 3.63) is 35.3 Å². The number of amides is 2. The lowest BCUT2D eigenvalue weighted by molar-refractivity contribution is 0.0984. The largest absolute Gasteiger partial charge is 0.377 e. The summed E-state index contributed by atoms with van der Waals surface area (Å²) in [5.74, 6) is 1.72. The first-order valence-electron chi connectivity index (χ1n) is 10.2. The van der Waals surface area contributed by atoms with Crippen molar-refractivity contribution >= 4 is 29.3 Å². The molecule has 0 spiro atoms. The van der Waals surface area contributed by atoms with E-state index in [1.807, 2.05) is 11.8 Å². The number of rotatable bonds is 4. The molecule has 0 bridgehead atoms. The predicted octanol–water partition coefficient (Wildman–Crippen LogP) is 3.96. The highest BCUT2D eigenvalue weighted by Crippen LogP contribution is 2.45. The Bertz CT molecular complexity index is 957. The van der Waals surface area contributed by atoms with Gasteiger partial charge >= 0.3 is 6.03 Å². The van der Waals surface area contributed by atoms with Gasteiger partial charge in [0.2, 0.25) is 0 Å². The number of carbonyl (C=O) groups is 1. The lowest BCUT2D eigenvalue weighted by Crippen LogP contribution is -2.44. The van der Waals surface area contributed by atoms with E-state index in [9.17, 15) is 9.18 Å². The highest BCUT2D eigenvalue weighted by molar-refractivity contribution is 7.99. The zero-order valence-corrected chi connectivity index (χ0v) is 18.2. The van der Waals surface area contributed by atoms with Crippen LogP contribution in [0.25, 0.3) is 11.4 Å². The molecule has 0 saturated carbocycles. The summed E-state index contributed by atoms with van der Waals surface area (Å²) in [4.78, 5) is 23.6. The van der Waals surface area contributed by atoms with Crippen LogP contribution in [0.15, 0.2) is 18.2 Å². The topological polar surface area (TPSA) is 79.4 Å². The smallest absolute Gasteiger partial charge is 0.319 e. The molecule has 2 aliphatic heterocycles. The molecule has 4 rings (SSSR count). The molecule has 9 heteroatoms. The summed E-state index contributed by atoms with van der Waals surface area (Å²) in [6.07, 6.45) is 0. The third-order valence-corrected chi connectivity index (χ3v) is 6.51. The quantitative estimate of drug-likeness (QED) is 0.763. The second-order valence-electron chi connectivity index (χ2n) is 7.48. The van der Waals surface area contributed by atoms with E-state index in [-0.39, 0.29) is 11.7 Å². The molecule has 1 saturated heterocycles. The Morgan fingerprint density at radius 1 is 1.37 bits per heavy atom. The molecular formula is C21H26FN5O2S. The normalized spacial score (nSPS) is 20.7. The number of anilines is 2. The van der Waals surface area contributed by atoms with Crippen LogP contribution in [-0.2, 0) is 10.5 Å². The number of carbonyl (C=O) groups excluding carboxylic acids is 1. The van der Waals surface area contributed by atoms with Crippen LogP contribution in [0.3, 0.4) is 0 Å². The Balaban J connectivity index is 1.70. The van der Waals surface area contributed by atoms with Gasteiger partial charge in [0.15, 0.2) is 5.82 Å². The van der Waals surface area contributed by atoms with Crippen LogP contribution in [0.4, 0.5) is 20.7 Å². The first-order chi connectivity index (χ1) is 14.5. The van der Waals surface area contributed by atoms with Gasteiger partial charge in [0.05, 0.1) is 30.6 Å². The van der Waals surface area contributed by atoms with Crippen LogP contribution in [-0.4, -0.2) is 48.3 Å². The van der Waals surface area contributed by atoms with Crippen molar-refractivity contribution in [2.75, 3.05) is 36.5 Å². The minimum absolute atomic E-state index is 0.122. The zero-order valence-electron chi connectivity index (χ0n) is 17.4. The summed E-state index contributed by atoms with van der Waals surface area (Å²) in [5, 5.41) is 5.42. The summed E-state index contributed by atoms with van der Waals surface area (Å²) in [6, 6.07) is 4.44. The molecule has 3 heterocycles. The fourth-order valence-electron chi connectivity index (χ4n) is 3.79. The Hall–Kier alpha value is -2.39. The fraction of sp³-hybridized carbons (Fsp3) is 0.476. The highest BCUT2D eigenvalue weighted by Gasteiger charge is 2.31. The van der Waals surface area contributed by atoms with Gasteiger partial charge in [-0.2, -0.15) is 0 Å². The molecule has 30 heavy (non-hydrogen) atoms. The van der Waals surface area contributed by atoms with E-state index in [0.717, 1.165) is 23.8 Å². The van der Waals surface area contributed by atoms with E-state index in [4.69, 9.17) is 14.7 Å². The SMILES string of the molecule is CCNC(=O)Nc1ccc(-c2nc3c(c(N4CCOCC4C)n2)C(C)SC3)cc1F. The molecule has 1 aromatic carbocycles. The molecular weight excluding hydrogens is 405 g/mol. The van der Waals surface area contributed by atoms with Gasteiger partial charge in [0, 0.05) is 35.2 Å². The van der Waals surface area contributed by atoms with E-state index in [2.05, 4.69) is 29.4 Å². The first-order valence-corrected chi connectivity index (χ1v) is 11.2. The van der Waals surface area contributed by atoms with Gasteiger partial charge in [-0.25, -0.2) is 19.2 Å². The molecule has 2 atom stereocenters. The summed E-state index contributed by atoms with van der Waals surface area (Å²) in [7, 11) is 0. The molecule has 2 N–H and O–H groups in total. The van der Waals surface area contributed by atoms with Gasteiger partial charge in [-0.15, -0.1) is 11.8 Å². The number of morpholine rings is 1. The average molecular weight is 432 g/mol. The average Bonchev–Trinajstić information content (AvgIpc) is 3.10. The van der Waals surface area contributed by atoms with E-state index in [1.54, 1.807) is 19.1 Å². The van der Waals surface area contributed by atoms with Crippen LogP contribution in [0.5, 0.6) is 0 Å². The monoisotopic (exact) mass is 431 g/mol. The number of hydrogen-bond acceptors (Lipinski definition) is 6.